The summed E-state index contributed by atoms with van der Waals surface area (Å²) in [5, 5.41) is 4.49. The van der Waals surface area contributed by atoms with Gasteiger partial charge in [-0.15, -0.1) is 0 Å². The van der Waals surface area contributed by atoms with Crippen molar-refractivity contribution in [2.45, 2.75) is 19.3 Å². The maximum Gasteiger partial charge on any atom is 0.161 e. The molecule has 1 N–H and O–H groups in total. The lowest BCUT2D eigenvalue weighted by atomic mass is 9.84. The summed E-state index contributed by atoms with van der Waals surface area (Å²) in [6.07, 6.45) is 1.59. The second-order valence-electron chi connectivity index (χ2n) is 6.55. The highest BCUT2D eigenvalue weighted by Crippen LogP contribution is 2.33. The molecule has 0 aliphatic carbocycles. The molecule has 0 bridgehead atoms. The van der Waals surface area contributed by atoms with Crippen LogP contribution in [0, 0.1) is 0 Å². The standard InChI is InChI=1S/C20H23N3O2/c1-20(2,14-9-10-17(24-3)18(11-14)25-4)12-21-19-15-7-5-6-8-16(15)22-13-23-19/h5-11,13H,12H2,1-4H3,(H,21,22,23). The van der Waals surface area contributed by atoms with Crippen LogP contribution in [0.4, 0.5) is 5.82 Å². The maximum atomic E-state index is 5.43. The van der Waals surface area contributed by atoms with E-state index in [9.17, 15) is 0 Å². The molecule has 3 rings (SSSR count). The Morgan fingerprint density at radius 3 is 2.48 bits per heavy atom. The van der Waals surface area contributed by atoms with Crippen molar-refractivity contribution in [2.75, 3.05) is 26.1 Å². The average Bonchev–Trinajstić information content (AvgIpc) is 2.65. The van der Waals surface area contributed by atoms with Crippen LogP contribution in [0.3, 0.4) is 0 Å². The molecule has 25 heavy (non-hydrogen) atoms. The Morgan fingerprint density at radius 2 is 1.72 bits per heavy atom. The van der Waals surface area contributed by atoms with Gasteiger partial charge in [-0.1, -0.05) is 32.0 Å². The van der Waals surface area contributed by atoms with Crippen LogP contribution in [-0.2, 0) is 5.41 Å². The minimum Gasteiger partial charge on any atom is -0.493 e. The Bertz CT molecular complexity index is 872. The van der Waals surface area contributed by atoms with E-state index in [1.54, 1.807) is 20.5 Å². The fourth-order valence-electron chi connectivity index (χ4n) is 2.81. The van der Waals surface area contributed by atoms with E-state index in [0.717, 1.165) is 40.3 Å². The molecule has 0 radical (unpaired) electrons. The lowest BCUT2D eigenvalue weighted by Crippen LogP contribution is -2.28. The van der Waals surface area contributed by atoms with Crippen molar-refractivity contribution >= 4 is 16.7 Å². The number of rotatable bonds is 6. The molecule has 0 spiro atoms. The fraction of sp³-hybridized carbons (Fsp3) is 0.300. The van der Waals surface area contributed by atoms with Crippen LogP contribution >= 0.6 is 0 Å². The Labute approximate surface area is 148 Å². The molecule has 1 aromatic heterocycles. The van der Waals surface area contributed by atoms with E-state index in [-0.39, 0.29) is 5.41 Å². The van der Waals surface area contributed by atoms with Crippen molar-refractivity contribution < 1.29 is 9.47 Å². The lowest BCUT2D eigenvalue weighted by molar-refractivity contribution is 0.353. The summed E-state index contributed by atoms with van der Waals surface area (Å²) < 4.78 is 10.8. The van der Waals surface area contributed by atoms with Gasteiger partial charge in [0, 0.05) is 17.3 Å². The van der Waals surface area contributed by atoms with E-state index in [1.807, 2.05) is 36.4 Å². The molecule has 0 unspecified atom stereocenters. The molecule has 0 saturated carbocycles. The van der Waals surface area contributed by atoms with Crippen LogP contribution in [0.5, 0.6) is 11.5 Å². The van der Waals surface area contributed by atoms with Crippen LogP contribution in [0.25, 0.3) is 10.9 Å². The highest BCUT2D eigenvalue weighted by atomic mass is 16.5. The molecule has 2 aromatic carbocycles. The lowest BCUT2D eigenvalue weighted by Gasteiger charge is -2.27. The van der Waals surface area contributed by atoms with E-state index >= 15 is 0 Å². The summed E-state index contributed by atoms with van der Waals surface area (Å²) in [6.45, 7) is 5.10. The zero-order valence-electron chi connectivity index (χ0n) is 15.0. The van der Waals surface area contributed by atoms with Crippen molar-refractivity contribution in [3.63, 3.8) is 0 Å². The predicted octanol–water partition coefficient (Wildman–Crippen LogP) is 4.04. The number of hydrogen-bond donors (Lipinski definition) is 1. The molecule has 0 aliphatic heterocycles. The Morgan fingerprint density at radius 1 is 0.960 bits per heavy atom. The van der Waals surface area contributed by atoms with Gasteiger partial charge in [0.2, 0.25) is 0 Å². The second kappa shape index (κ2) is 6.97. The van der Waals surface area contributed by atoms with Gasteiger partial charge in [0.25, 0.3) is 0 Å². The molecule has 0 saturated heterocycles. The molecule has 0 amide bonds. The molecule has 0 aliphatic rings. The summed E-state index contributed by atoms with van der Waals surface area (Å²) in [5.74, 6) is 2.32. The minimum atomic E-state index is -0.119. The third-order valence-electron chi connectivity index (χ3n) is 4.41. The van der Waals surface area contributed by atoms with Crippen molar-refractivity contribution in [1.82, 2.24) is 9.97 Å². The van der Waals surface area contributed by atoms with E-state index in [0.29, 0.717) is 0 Å². The molecule has 0 fully saturated rings. The zero-order valence-corrected chi connectivity index (χ0v) is 15.0. The first kappa shape index (κ1) is 17.0. The molecule has 5 heteroatoms. The summed E-state index contributed by atoms with van der Waals surface area (Å²) in [6, 6.07) is 14.0. The number of hydrogen-bond acceptors (Lipinski definition) is 5. The number of nitrogens with zero attached hydrogens (tertiary/aromatic N) is 2. The minimum absolute atomic E-state index is 0.119. The van der Waals surface area contributed by atoms with E-state index < -0.39 is 0 Å². The third kappa shape index (κ3) is 3.50. The maximum absolute atomic E-state index is 5.43. The molecule has 130 valence electrons. The van der Waals surface area contributed by atoms with Gasteiger partial charge in [0.1, 0.15) is 12.1 Å². The molecular formula is C20H23N3O2. The number of benzene rings is 2. The Balaban J connectivity index is 1.84. The van der Waals surface area contributed by atoms with Crippen LogP contribution < -0.4 is 14.8 Å². The summed E-state index contributed by atoms with van der Waals surface area (Å²) in [4.78, 5) is 8.70. The number of para-hydroxylation sites is 1. The van der Waals surface area contributed by atoms with Gasteiger partial charge in [-0.2, -0.15) is 0 Å². The molecular weight excluding hydrogens is 314 g/mol. The highest BCUT2D eigenvalue weighted by Gasteiger charge is 2.22. The molecule has 1 heterocycles. The number of nitrogens with one attached hydrogen (secondary N) is 1. The Hall–Kier alpha value is -2.82. The summed E-state index contributed by atoms with van der Waals surface area (Å²) in [5.41, 5.74) is 1.98. The smallest absolute Gasteiger partial charge is 0.161 e. The quantitative estimate of drug-likeness (QED) is 0.736. The number of aromatic nitrogens is 2. The van der Waals surface area contributed by atoms with Gasteiger partial charge in [-0.25, -0.2) is 9.97 Å². The predicted molar refractivity (Wildman–Crippen MR) is 101 cm³/mol. The third-order valence-corrected chi connectivity index (χ3v) is 4.41. The van der Waals surface area contributed by atoms with Gasteiger partial charge in [-0.3, -0.25) is 0 Å². The SMILES string of the molecule is COc1ccc(C(C)(C)CNc2ncnc3ccccc23)cc1OC. The normalized spacial score (nSPS) is 11.4. The topological polar surface area (TPSA) is 56.3 Å². The van der Waals surface area contributed by atoms with Crippen LogP contribution in [0.1, 0.15) is 19.4 Å². The number of methoxy groups -OCH3 is 2. The van der Waals surface area contributed by atoms with Crippen LogP contribution in [0.15, 0.2) is 48.8 Å². The van der Waals surface area contributed by atoms with E-state index in [2.05, 4.69) is 35.2 Å². The van der Waals surface area contributed by atoms with E-state index in [1.165, 1.54) is 0 Å². The van der Waals surface area contributed by atoms with Crippen LogP contribution in [0.2, 0.25) is 0 Å². The first-order chi connectivity index (χ1) is 12.0. The van der Waals surface area contributed by atoms with Gasteiger partial charge in [0.15, 0.2) is 11.5 Å². The molecule has 5 nitrogen and oxygen atoms in total. The van der Waals surface area contributed by atoms with Crippen molar-refractivity contribution in [2.24, 2.45) is 0 Å². The summed E-state index contributed by atoms with van der Waals surface area (Å²) >= 11 is 0. The number of ether oxygens (including phenoxy) is 2. The first-order valence-electron chi connectivity index (χ1n) is 8.21. The average molecular weight is 337 g/mol. The van der Waals surface area contributed by atoms with Crippen molar-refractivity contribution in [3.05, 3.63) is 54.4 Å². The Kier molecular flexibility index (Phi) is 4.74. The molecule has 3 aromatic rings. The van der Waals surface area contributed by atoms with Crippen LogP contribution in [-0.4, -0.2) is 30.7 Å². The van der Waals surface area contributed by atoms with Gasteiger partial charge >= 0.3 is 0 Å². The van der Waals surface area contributed by atoms with Gasteiger partial charge in [-0.05, 0) is 29.8 Å². The van der Waals surface area contributed by atoms with Gasteiger partial charge < -0.3 is 14.8 Å². The molecule has 0 atom stereocenters. The second-order valence-corrected chi connectivity index (χ2v) is 6.55. The highest BCUT2D eigenvalue weighted by molar-refractivity contribution is 5.88. The van der Waals surface area contributed by atoms with Crippen molar-refractivity contribution in [1.29, 1.82) is 0 Å². The summed E-state index contributed by atoms with van der Waals surface area (Å²) in [7, 11) is 3.30. The first-order valence-corrected chi connectivity index (χ1v) is 8.21. The monoisotopic (exact) mass is 337 g/mol. The van der Waals surface area contributed by atoms with Crippen molar-refractivity contribution in [3.8, 4) is 11.5 Å². The number of fused-ring (bicyclic) bond motifs is 1. The van der Waals surface area contributed by atoms with E-state index in [4.69, 9.17) is 9.47 Å². The fourth-order valence-corrected chi connectivity index (χ4v) is 2.81. The number of anilines is 1. The largest absolute Gasteiger partial charge is 0.493 e. The zero-order chi connectivity index (χ0) is 17.9. The van der Waals surface area contributed by atoms with Gasteiger partial charge in [0.05, 0.1) is 19.7 Å².